The number of rotatable bonds is 9. The van der Waals surface area contributed by atoms with Gasteiger partial charge in [0.05, 0.1) is 26.5 Å². The summed E-state index contributed by atoms with van der Waals surface area (Å²) >= 11 is 5.58. The van der Waals surface area contributed by atoms with Crippen molar-refractivity contribution in [3.63, 3.8) is 0 Å². The van der Waals surface area contributed by atoms with Crippen molar-refractivity contribution in [2.45, 2.75) is 19.5 Å². The fraction of sp³-hybridized carbons (Fsp3) is 0.333. The van der Waals surface area contributed by atoms with Crippen LogP contribution in [-0.4, -0.2) is 42.4 Å². The first kappa shape index (κ1) is 20.9. The Kier molecular flexibility index (Phi) is 7.26. The zero-order chi connectivity index (χ0) is 20.6. The van der Waals surface area contributed by atoms with Crippen LogP contribution in [0.25, 0.3) is 10.9 Å². The molecule has 0 atom stereocenters. The normalized spacial score (nSPS) is 10.8. The van der Waals surface area contributed by atoms with Gasteiger partial charge in [0, 0.05) is 36.7 Å². The van der Waals surface area contributed by atoms with Crippen molar-refractivity contribution in [2.75, 3.05) is 27.4 Å². The smallest absolute Gasteiger partial charge is 0.253 e. The van der Waals surface area contributed by atoms with Crippen molar-refractivity contribution in [3.05, 3.63) is 64.3 Å². The number of hydrogen-bond acceptors (Lipinski definition) is 5. The number of aromatic amines is 1. The van der Waals surface area contributed by atoms with Gasteiger partial charge in [0.15, 0.2) is 5.11 Å². The van der Waals surface area contributed by atoms with Crippen LogP contribution in [-0.2, 0) is 17.8 Å². The Morgan fingerprint density at radius 3 is 2.83 bits per heavy atom. The Morgan fingerprint density at radius 1 is 1.24 bits per heavy atom. The van der Waals surface area contributed by atoms with Gasteiger partial charge in [-0.1, -0.05) is 0 Å². The van der Waals surface area contributed by atoms with Crippen LogP contribution in [0.4, 0.5) is 0 Å². The lowest BCUT2D eigenvalue weighted by atomic mass is 10.1. The van der Waals surface area contributed by atoms with Gasteiger partial charge < -0.3 is 29.1 Å². The number of nitrogens with zero attached hydrogens (tertiary/aromatic N) is 1. The highest BCUT2D eigenvalue weighted by molar-refractivity contribution is 7.80. The molecule has 3 aromatic rings. The van der Waals surface area contributed by atoms with E-state index in [-0.39, 0.29) is 5.56 Å². The molecular formula is C21H25N3O4S. The number of H-pyrrole nitrogens is 1. The molecule has 0 aliphatic rings. The SMILES string of the molecule is COCCCNC(=S)N(Cc1ccco1)Cc1cc2cc(OC)ccc2[nH]c1=O. The van der Waals surface area contributed by atoms with Crippen LogP contribution in [0.2, 0.25) is 0 Å². The molecule has 0 aliphatic heterocycles. The summed E-state index contributed by atoms with van der Waals surface area (Å²) in [5, 5.41) is 4.69. The van der Waals surface area contributed by atoms with Crippen LogP contribution in [0.15, 0.2) is 51.9 Å². The highest BCUT2D eigenvalue weighted by Crippen LogP contribution is 2.19. The van der Waals surface area contributed by atoms with Crippen molar-refractivity contribution >= 4 is 28.2 Å². The van der Waals surface area contributed by atoms with Crippen molar-refractivity contribution in [1.29, 1.82) is 0 Å². The van der Waals surface area contributed by atoms with Gasteiger partial charge in [-0.15, -0.1) is 0 Å². The number of ether oxygens (including phenoxy) is 2. The molecule has 0 aliphatic carbocycles. The van der Waals surface area contributed by atoms with E-state index < -0.39 is 0 Å². The van der Waals surface area contributed by atoms with E-state index in [9.17, 15) is 4.79 Å². The molecule has 154 valence electrons. The van der Waals surface area contributed by atoms with Crippen LogP contribution in [0.3, 0.4) is 0 Å². The standard InChI is InChI=1S/C21H25N3O4S/c1-26-9-4-8-22-21(29)24(14-18-5-3-10-28-18)13-16-11-15-12-17(27-2)6-7-19(15)23-20(16)25/h3,5-7,10-12H,4,8-9,13-14H2,1-2H3,(H,22,29)(H,23,25). The van der Waals surface area contributed by atoms with E-state index in [1.807, 2.05) is 41.3 Å². The minimum atomic E-state index is -0.144. The van der Waals surface area contributed by atoms with Gasteiger partial charge in [0.1, 0.15) is 11.5 Å². The molecule has 8 heteroatoms. The molecule has 1 aromatic carbocycles. The van der Waals surface area contributed by atoms with E-state index in [0.717, 1.165) is 28.8 Å². The predicted molar refractivity (Wildman–Crippen MR) is 116 cm³/mol. The first-order chi connectivity index (χ1) is 14.1. The molecule has 0 amide bonds. The number of furan rings is 1. The first-order valence-corrected chi connectivity index (χ1v) is 9.75. The number of benzene rings is 1. The third-order valence-electron chi connectivity index (χ3n) is 4.50. The van der Waals surface area contributed by atoms with Crippen LogP contribution >= 0.6 is 12.2 Å². The summed E-state index contributed by atoms with van der Waals surface area (Å²) in [6.07, 6.45) is 2.46. The van der Waals surface area contributed by atoms with E-state index in [1.54, 1.807) is 20.5 Å². The molecule has 2 heterocycles. The quantitative estimate of drug-likeness (QED) is 0.411. The first-order valence-electron chi connectivity index (χ1n) is 9.34. The molecule has 7 nitrogen and oxygen atoms in total. The molecule has 0 unspecified atom stereocenters. The maximum atomic E-state index is 12.6. The number of nitrogens with one attached hydrogen (secondary N) is 2. The number of thiocarbonyl (C=S) groups is 1. The van der Waals surface area contributed by atoms with E-state index in [2.05, 4.69) is 10.3 Å². The van der Waals surface area contributed by atoms with E-state index in [1.165, 1.54) is 0 Å². The molecule has 0 saturated carbocycles. The topological polar surface area (TPSA) is 79.7 Å². The third-order valence-corrected chi connectivity index (χ3v) is 4.91. The maximum Gasteiger partial charge on any atom is 0.253 e. The van der Waals surface area contributed by atoms with Crippen molar-refractivity contribution in [1.82, 2.24) is 15.2 Å². The Labute approximate surface area is 174 Å². The molecule has 29 heavy (non-hydrogen) atoms. The Hall–Kier alpha value is -2.84. The number of fused-ring (bicyclic) bond motifs is 1. The Bertz CT molecular complexity index is 1000. The lowest BCUT2D eigenvalue weighted by Gasteiger charge is -2.25. The van der Waals surface area contributed by atoms with Gasteiger partial charge in [0.2, 0.25) is 0 Å². The predicted octanol–water partition coefficient (Wildman–Crippen LogP) is 3.04. The fourth-order valence-electron chi connectivity index (χ4n) is 2.99. The van der Waals surface area contributed by atoms with E-state index in [0.29, 0.717) is 36.9 Å². The molecule has 2 N–H and O–H groups in total. The lowest BCUT2D eigenvalue weighted by Crippen LogP contribution is -2.40. The average Bonchev–Trinajstić information content (AvgIpc) is 3.24. The van der Waals surface area contributed by atoms with Gasteiger partial charge in [-0.2, -0.15) is 0 Å². The van der Waals surface area contributed by atoms with Crippen LogP contribution < -0.4 is 15.6 Å². The van der Waals surface area contributed by atoms with Gasteiger partial charge in [-0.25, -0.2) is 0 Å². The number of pyridine rings is 1. The summed E-state index contributed by atoms with van der Waals surface area (Å²) in [6, 6.07) is 11.1. The summed E-state index contributed by atoms with van der Waals surface area (Å²) in [7, 11) is 3.29. The molecule has 0 bridgehead atoms. The summed E-state index contributed by atoms with van der Waals surface area (Å²) in [5.74, 6) is 1.50. The Balaban J connectivity index is 1.82. The summed E-state index contributed by atoms with van der Waals surface area (Å²) in [5.41, 5.74) is 1.23. The van der Waals surface area contributed by atoms with Crippen LogP contribution in [0.1, 0.15) is 17.7 Å². The minimum Gasteiger partial charge on any atom is -0.497 e. The van der Waals surface area contributed by atoms with Gasteiger partial charge in [-0.3, -0.25) is 4.79 Å². The van der Waals surface area contributed by atoms with Gasteiger partial charge in [0.25, 0.3) is 5.56 Å². The lowest BCUT2D eigenvalue weighted by molar-refractivity contribution is 0.195. The number of hydrogen-bond donors (Lipinski definition) is 2. The van der Waals surface area contributed by atoms with Crippen molar-refractivity contribution < 1.29 is 13.9 Å². The highest BCUT2D eigenvalue weighted by atomic mass is 32.1. The minimum absolute atomic E-state index is 0.144. The molecule has 2 aromatic heterocycles. The molecule has 0 radical (unpaired) electrons. The highest BCUT2D eigenvalue weighted by Gasteiger charge is 2.15. The van der Waals surface area contributed by atoms with E-state index >= 15 is 0 Å². The molecule has 0 fully saturated rings. The van der Waals surface area contributed by atoms with Crippen LogP contribution in [0.5, 0.6) is 5.75 Å². The zero-order valence-corrected chi connectivity index (χ0v) is 17.4. The Morgan fingerprint density at radius 2 is 2.10 bits per heavy atom. The second-order valence-electron chi connectivity index (χ2n) is 6.59. The molecule has 3 rings (SSSR count). The molecule has 0 saturated heterocycles. The van der Waals surface area contributed by atoms with Crippen LogP contribution in [0, 0.1) is 0 Å². The summed E-state index contributed by atoms with van der Waals surface area (Å²) in [4.78, 5) is 17.5. The molecule has 0 spiro atoms. The van der Waals surface area contributed by atoms with Crippen molar-refractivity contribution in [3.8, 4) is 5.75 Å². The summed E-state index contributed by atoms with van der Waals surface area (Å²) < 4.78 is 15.8. The van der Waals surface area contributed by atoms with E-state index in [4.69, 9.17) is 26.1 Å². The second-order valence-corrected chi connectivity index (χ2v) is 6.98. The maximum absolute atomic E-state index is 12.6. The fourth-order valence-corrected chi connectivity index (χ4v) is 3.22. The monoisotopic (exact) mass is 415 g/mol. The average molecular weight is 416 g/mol. The van der Waals surface area contributed by atoms with Gasteiger partial charge in [-0.05, 0) is 55.0 Å². The summed E-state index contributed by atoms with van der Waals surface area (Å²) in [6.45, 7) is 2.14. The van der Waals surface area contributed by atoms with Crippen molar-refractivity contribution in [2.24, 2.45) is 0 Å². The third kappa shape index (κ3) is 5.58. The van der Waals surface area contributed by atoms with Gasteiger partial charge >= 0.3 is 0 Å². The largest absolute Gasteiger partial charge is 0.497 e. The molecular weight excluding hydrogens is 390 g/mol. The second kappa shape index (κ2) is 10.1. The number of methoxy groups -OCH3 is 2. The number of aromatic nitrogens is 1. The zero-order valence-electron chi connectivity index (χ0n) is 16.6.